The maximum atomic E-state index is 13.8. The number of amides is 1. The van der Waals surface area contributed by atoms with E-state index in [1.54, 1.807) is 24.4 Å². The van der Waals surface area contributed by atoms with Crippen LogP contribution in [0.2, 0.25) is 0 Å². The van der Waals surface area contributed by atoms with E-state index in [9.17, 15) is 13.2 Å². The molecule has 42 heavy (non-hydrogen) atoms. The Morgan fingerprint density at radius 2 is 1.76 bits per heavy atom. The van der Waals surface area contributed by atoms with E-state index in [0.717, 1.165) is 10.8 Å². The first-order valence-electron chi connectivity index (χ1n) is 13.3. The number of primary sulfonamides is 1. The van der Waals surface area contributed by atoms with Crippen LogP contribution in [0, 0.1) is 0 Å². The van der Waals surface area contributed by atoms with Gasteiger partial charge in [-0.05, 0) is 86.3 Å². The van der Waals surface area contributed by atoms with E-state index in [4.69, 9.17) is 25.1 Å². The van der Waals surface area contributed by atoms with Gasteiger partial charge in [0.15, 0.2) is 11.5 Å². The maximum Gasteiger partial charge on any atom is 0.247 e. The van der Waals surface area contributed by atoms with Crippen molar-refractivity contribution in [3.63, 3.8) is 0 Å². The minimum absolute atomic E-state index is 0.0175. The summed E-state index contributed by atoms with van der Waals surface area (Å²) in [6.45, 7) is 6.09. The molecule has 0 aliphatic carbocycles. The number of nitrogens with zero attached hydrogens (tertiary/aromatic N) is 1. The van der Waals surface area contributed by atoms with Crippen LogP contribution in [-0.2, 0) is 21.4 Å². The number of carbonyl (C=O) groups is 1. The number of ether oxygens (including phenoxy) is 3. The number of nitrogens with one attached hydrogen (secondary N) is 2. The number of sulfonamides is 1. The molecule has 1 unspecified atom stereocenters. The molecule has 1 amide bonds. The van der Waals surface area contributed by atoms with Gasteiger partial charge in [-0.15, -0.1) is 0 Å². The van der Waals surface area contributed by atoms with Crippen LogP contribution in [0.15, 0.2) is 71.8 Å². The minimum atomic E-state index is -3.95. The van der Waals surface area contributed by atoms with Crippen LogP contribution >= 0.6 is 0 Å². The summed E-state index contributed by atoms with van der Waals surface area (Å²) in [5.41, 5.74) is 7.75. The zero-order valence-electron chi connectivity index (χ0n) is 23.9. The first-order valence-corrected chi connectivity index (χ1v) is 14.9. The summed E-state index contributed by atoms with van der Waals surface area (Å²) >= 11 is 0. The van der Waals surface area contributed by atoms with Crippen molar-refractivity contribution in [1.29, 1.82) is 0 Å². The van der Waals surface area contributed by atoms with Crippen molar-refractivity contribution in [2.24, 2.45) is 5.14 Å². The number of anilines is 2. The third-order valence-corrected chi connectivity index (χ3v) is 7.28. The normalized spacial score (nSPS) is 12.1. The van der Waals surface area contributed by atoms with Gasteiger partial charge in [0.25, 0.3) is 0 Å². The summed E-state index contributed by atoms with van der Waals surface area (Å²) in [5, 5.41) is 13.2. The Labute approximate surface area is 245 Å². The Hall–Kier alpha value is -4.55. The second-order valence-electron chi connectivity index (χ2n) is 9.75. The molecule has 4 rings (SSSR count). The molecular weight excluding hydrogens is 558 g/mol. The highest BCUT2D eigenvalue weighted by Gasteiger charge is 2.24. The van der Waals surface area contributed by atoms with E-state index in [1.165, 1.54) is 25.3 Å². The quantitative estimate of drug-likeness (QED) is 0.189. The molecule has 4 aromatic rings. The van der Waals surface area contributed by atoms with Crippen molar-refractivity contribution in [3.05, 3.63) is 78.0 Å². The van der Waals surface area contributed by atoms with Gasteiger partial charge in [0, 0.05) is 29.4 Å². The molecule has 0 saturated heterocycles. The van der Waals surface area contributed by atoms with Crippen molar-refractivity contribution in [1.82, 2.24) is 10.3 Å². The summed E-state index contributed by atoms with van der Waals surface area (Å²) < 4.78 is 41.0. The smallest absolute Gasteiger partial charge is 0.247 e. The lowest BCUT2D eigenvalue weighted by atomic mass is 10.0. The van der Waals surface area contributed by atoms with Gasteiger partial charge in [0.05, 0.1) is 24.7 Å². The number of hydrogen-bond acceptors (Lipinski definition) is 9. The summed E-state index contributed by atoms with van der Waals surface area (Å²) in [5.74, 6) is 1.50. The Balaban J connectivity index is 1.70. The van der Waals surface area contributed by atoms with E-state index in [1.807, 2.05) is 45.0 Å². The standard InChI is InChI=1S/C30H35N5O6S/c1-5-40-27-16-20(6-10-26(27)41-18(2)3)28(35-22-7-9-24-19(14-22)12-13-33-29(24)31)30(36)34-17-21-15-23(42(32,37)38)8-11-25(21)39-4/h6-16,18,28,35H,5,17H2,1-4H3,(H2,31,33)(H,34,36)(H2,32,37,38). The van der Waals surface area contributed by atoms with Gasteiger partial charge in [-0.1, -0.05) is 6.07 Å². The third-order valence-electron chi connectivity index (χ3n) is 6.37. The third kappa shape index (κ3) is 7.20. The molecule has 1 heterocycles. The van der Waals surface area contributed by atoms with E-state index in [-0.39, 0.29) is 23.5 Å². The highest BCUT2D eigenvalue weighted by Crippen LogP contribution is 2.34. The SMILES string of the molecule is CCOc1cc(C(Nc2ccc3c(N)nccc3c2)C(=O)NCc2cc(S(N)(=O)=O)ccc2OC)ccc1OC(C)C. The first kappa shape index (κ1) is 30.4. The van der Waals surface area contributed by atoms with Crippen molar-refractivity contribution in [2.45, 2.75) is 44.4 Å². The number of methoxy groups -OCH3 is 1. The Morgan fingerprint density at radius 3 is 2.45 bits per heavy atom. The fraction of sp³-hybridized carbons (Fsp3) is 0.267. The molecule has 0 fully saturated rings. The average Bonchev–Trinajstić information content (AvgIpc) is 2.95. The molecule has 0 aliphatic heterocycles. The molecule has 11 nitrogen and oxygen atoms in total. The Morgan fingerprint density at radius 1 is 1.00 bits per heavy atom. The first-order chi connectivity index (χ1) is 20.0. The lowest BCUT2D eigenvalue weighted by Crippen LogP contribution is -2.33. The van der Waals surface area contributed by atoms with Crippen molar-refractivity contribution in [3.8, 4) is 17.2 Å². The van der Waals surface area contributed by atoms with Gasteiger partial charge in [0.1, 0.15) is 17.6 Å². The van der Waals surface area contributed by atoms with Gasteiger partial charge in [-0.25, -0.2) is 18.5 Å². The number of nitrogen functional groups attached to an aromatic ring is 1. The topological polar surface area (TPSA) is 168 Å². The molecule has 0 spiro atoms. The summed E-state index contributed by atoms with van der Waals surface area (Å²) in [6, 6.07) is 16.1. The van der Waals surface area contributed by atoms with E-state index in [0.29, 0.717) is 46.5 Å². The Bertz CT molecular complexity index is 1690. The largest absolute Gasteiger partial charge is 0.496 e. The van der Waals surface area contributed by atoms with E-state index in [2.05, 4.69) is 15.6 Å². The zero-order valence-corrected chi connectivity index (χ0v) is 24.7. The second kappa shape index (κ2) is 13.0. The molecule has 0 radical (unpaired) electrons. The van der Waals surface area contributed by atoms with Crippen LogP contribution in [0.5, 0.6) is 17.2 Å². The lowest BCUT2D eigenvalue weighted by molar-refractivity contribution is -0.122. The van der Waals surface area contributed by atoms with Crippen molar-refractivity contribution < 1.29 is 27.4 Å². The predicted octanol–water partition coefficient (Wildman–Crippen LogP) is 4.13. The monoisotopic (exact) mass is 593 g/mol. The van der Waals surface area contributed by atoms with Gasteiger partial charge < -0.3 is 30.6 Å². The molecule has 222 valence electrons. The highest BCUT2D eigenvalue weighted by atomic mass is 32.2. The van der Waals surface area contributed by atoms with Crippen LogP contribution in [0.1, 0.15) is 37.9 Å². The Kier molecular flexibility index (Phi) is 9.38. The van der Waals surface area contributed by atoms with Crippen LogP contribution in [0.4, 0.5) is 11.5 Å². The van der Waals surface area contributed by atoms with Crippen molar-refractivity contribution in [2.75, 3.05) is 24.8 Å². The fourth-order valence-electron chi connectivity index (χ4n) is 4.44. The van der Waals surface area contributed by atoms with Crippen LogP contribution in [0.25, 0.3) is 10.8 Å². The van der Waals surface area contributed by atoms with E-state index < -0.39 is 16.1 Å². The number of pyridine rings is 1. The summed E-state index contributed by atoms with van der Waals surface area (Å²) in [4.78, 5) is 17.8. The lowest BCUT2D eigenvalue weighted by Gasteiger charge is -2.23. The molecule has 1 aromatic heterocycles. The molecule has 3 aromatic carbocycles. The van der Waals surface area contributed by atoms with Gasteiger partial charge in [0.2, 0.25) is 15.9 Å². The average molecular weight is 594 g/mol. The molecule has 0 bridgehead atoms. The number of carbonyl (C=O) groups excluding carboxylic acids is 1. The fourth-order valence-corrected chi connectivity index (χ4v) is 5.00. The minimum Gasteiger partial charge on any atom is -0.496 e. The number of fused-ring (bicyclic) bond motifs is 1. The number of nitrogens with two attached hydrogens (primary N) is 2. The molecule has 0 saturated carbocycles. The molecule has 12 heteroatoms. The molecular formula is C30H35N5O6S. The number of rotatable bonds is 12. The highest BCUT2D eigenvalue weighted by molar-refractivity contribution is 7.89. The molecule has 6 N–H and O–H groups in total. The van der Waals surface area contributed by atoms with Crippen LogP contribution in [-0.4, -0.2) is 39.1 Å². The van der Waals surface area contributed by atoms with E-state index >= 15 is 0 Å². The van der Waals surface area contributed by atoms with Crippen LogP contribution < -0.4 is 35.7 Å². The van der Waals surface area contributed by atoms with Gasteiger partial charge in [-0.2, -0.15) is 0 Å². The summed E-state index contributed by atoms with van der Waals surface area (Å²) in [6.07, 6.45) is 1.55. The molecule has 0 aliphatic rings. The zero-order chi connectivity index (χ0) is 30.4. The number of aromatic nitrogens is 1. The second-order valence-corrected chi connectivity index (χ2v) is 11.3. The van der Waals surface area contributed by atoms with Crippen molar-refractivity contribution >= 4 is 38.2 Å². The number of benzene rings is 3. The molecule has 1 atom stereocenters. The van der Waals surface area contributed by atoms with Crippen LogP contribution in [0.3, 0.4) is 0 Å². The summed E-state index contributed by atoms with van der Waals surface area (Å²) in [7, 11) is -2.49. The maximum absolute atomic E-state index is 13.8. The van der Waals surface area contributed by atoms with Gasteiger partial charge in [-0.3, -0.25) is 4.79 Å². The predicted molar refractivity (Wildman–Crippen MR) is 162 cm³/mol. The number of hydrogen-bond donors (Lipinski definition) is 4. The van der Waals surface area contributed by atoms with Gasteiger partial charge >= 0.3 is 0 Å².